The van der Waals surface area contributed by atoms with Crippen molar-refractivity contribution in [2.45, 2.75) is 69.4 Å². The van der Waals surface area contributed by atoms with Crippen LogP contribution < -0.4 is 5.32 Å². The molecule has 0 bridgehead atoms. The van der Waals surface area contributed by atoms with Crippen LogP contribution in [0.3, 0.4) is 0 Å². The van der Waals surface area contributed by atoms with Gasteiger partial charge >= 0.3 is 5.97 Å². The van der Waals surface area contributed by atoms with Crippen molar-refractivity contribution in [1.82, 2.24) is 9.62 Å². The number of aliphatic carboxylic acids is 1. The number of carbonyl (C=O) groups is 2. The van der Waals surface area contributed by atoms with Crippen LogP contribution in [0, 0.1) is 0 Å². The maximum atomic E-state index is 13.6. The van der Waals surface area contributed by atoms with Crippen molar-refractivity contribution < 1.29 is 23.1 Å². The summed E-state index contributed by atoms with van der Waals surface area (Å²) in [6.45, 7) is 6.14. The van der Waals surface area contributed by atoms with Crippen molar-refractivity contribution in [2.75, 3.05) is 6.54 Å². The number of carboxylic acid groups (broad SMARTS) is 1. The highest BCUT2D eigenvalue weighted by atomic mass is 32.2. The van der Waals surface area contributed by atoms with E-state index in [1.165, 1.54) is 4.31 Å². The number of hydrogen-bond donors (Lipinski definition) is 2. The number of nitrogens with zero attached hydrogens (tertiary/aromatic N) is 1. The lowest BCUT2D eigenvalue weighted by Gasteiger charge is -2.36. The van der Waals surface area contributed by atoms with E-state index >= 15 is 0 Å². The Hall–Kier alpha value is -2.71. The lowest BCUT2D eigenvalue weighted by Crippen LogP contribution is -2.50. The molecule has 7 nitrogen and oxygen atoms in total. The molecule has 8 heteroatoms. The number of rotatable bonds is 9. The number of sulfonamides is 1. The fourth-order valence-corrected chi connectivity index (χ4v) is 5.72. The molecule has 1 amide bonds. The molecule has 178 valence electrons. The zero-order valence-corrected chi connectivity index (χ0v) is 20.1. The predicted molar refractivity (Wildman–Crippen MR) is 126 cm³/mol. The molecule has 0 saturated carbocycles. The molecule has 0 spiro atoms. The number of carbonyl (C=O) groups excluding carboxylic acids is 1. The number of amides is 1. The van der Waals surface area contributed by atoms with Gasteiger partial charge in [-0.3, -0.25) is 4.79 Å². The van der Waals surface area contributed by atoms with Crippen LogP contribution in [0.25, 0.3) is 0 Å². The van der Waals surface area contributed by atoms with E-state index in [2.05, 4.69) is 5.32 Å². The van der Waals surface area contributed by atoms with Crippen LogP contribution in [-0.4, -0.2) is 42.3 Å². The first-order valence-electron chi connectivity index (χ1n) is 11.4. The molecule has 33 heavy (non-hydrogen) atoms. The summed E-state index contributed by atoms with van der Waals surface area (Å²) in [7, 11) is -3.99. The van der Waals surface area contributed by atoms with Gasteiger partial charge < -0.3 is 10.4 Å². The molecule has 1 unspecified atom stereocenters. The number of fused-ring (bicyclic) bond motifs is 1. The summed E-state index contributed by atoms with van der Waals surface area (Å²) in [6.07, 6.45) is 2.19. The van der Waals surface area contributed by atoms with E-state index in [1.807, 2.05) is 32.9 Å². The van der Waals surface area contributed by atoms with Crippen LogP contribution in [0.1, 0.15) is 68.7 Å². The van der Waals surface area contributed by atoms with Gasteiger partial charge in [0, 0.05) is 6.54 Å². The Morgan fingerprint density at radius 3 is 2.39 bits per heavy atom. The van der Waals surface area contributed by atoms with Crippen molar-refractivity contribution >= 4 is 21.9 Å². The Kier molecular flexibility index (Phi) is 7.92. The molecule has 2 atom stereocenters. The maximum absolute atomic E-state index is 13.6. The zero-order chi connectivity index (χ0) is 24.2. The van der Waals surface area contributed by atoms with Crippen LogP contribution in [0.2, 0.25) is 0 Å². The number of nitrogens with one attached hydrogen (secondary N) is 1. The van der Waals surface area contributed by atoms with Crippen LogP contribution in [0.15, 0.2) is 53.4 Å². The zero-order valence-electron chi connectivity index (χ0n) is 19.3. The fourth-order valence-electron chi connectivity index (χ4n) is 4.15. The topological polar surface area (TPSA) is 104 Å². The minimum absolute atomic E-state index is 0.116. The SMILES string of the molecule is CCCC[C@H](NC(=O)C1c2ccccc2CCN1S(=O)(=O)c1ccc(C(C)C)cc1)C(=O)O. The molecule has 0 saturated heterocycles. The van der Waals surface area contributed by atoms with Gasteiger partial charge in [0.1, 0.15) is 12.1 Å². The second kappa shape index (κ2) is 10.5. The monoisotopic (exact) mass is 472 g/mol. The lowest BCUT2D eigenvalue weighted by molar-refractivity contribution is -0.142. The third-order valence-corrected chi connectivity index (χ3v) is 7.98. The van der Waals surface area contributed by atoms with Gasteiger partial charge in [-0.25, -0.2) is 13.2 Å². The molecule has 1 aliphatic heterocycles. The lowest BCUT2D eigenvalue weighted by atomic mass is 9.93. The van der Waals surface area contributed by atoms with Crippen LogP contribution in [0.5, 0.6) is 0 Å². The van der Waals surface area contributed by atoms with Crippen molar-refractivity contribution in [3.8, 4) is 0 Å². The summed E-state index contributed by atoms with van der Waals surface area (Å²) in [5.74, 6) is -1.48. The molecule has 2 aromatic carbocycles. The van der Waals surface area contributed by atoms with E-state index in [4.69, 9.17) is 0 Å². The van der Waals surface area contributed by atoms with E-state index in [9.17, 15) is 23.1 Å². The van der Waals surface area contributed by atoms with Gasteiger partial charge in [0.2, 0.25) is 15.9 Å². The van der Waals surface area contributed by atoms with Gasteiger partial charge in [0.25, 0.3) is 0 Å². The summed E-state index contributed by atoms with van der Waals surface area (Å²) in [4.78, 5) is 25.2. The van der Waals surface area contributed by atoms with Gasteiger partial charge in [-0.2, -0.15) is 4.31 Å². The average Bonchev–Trinajstić information content (AvgIpc) is 2.80. The van der Waals surface area contributed by atoms with Gasteiger partial charge in [-0.05, 0) is 47.6 Å². The highest BCUT2D eigenvalue weighted by molar-refractivity contribution is 7.89. The Bertz CT molecular complexity index is 1100. The number of hydrogen-bond acceptors (Lipinski definition) is 4. The minimum atomic E-state index is -3.99. The van der Waals surface area contributed by atoms with Gasteiger partial charge in [0.05, 0.1) is 4.90 Å². The molecule has 0 aliphatic carbocycles. The van der Waals surface area contributed by atoms with Crippen LogP contribution in [-0.2, 0) is 26.0 Å². The molecular formula is C25H32N2O5S. The number of unbranched alkanes of at least 4 members (excludes halogenated alkanes) is 1. The molecule has 0 aromatic heterocycles. The normalized spacial score (nSPS) is 17.4. The Morgan fingerprint density at radius 1 is 1.12 bits per heavy atom. The van der Waals surface area contributed by atoms with Gasteiger partial charge in [0.15, 0.2) is 0 Å². The summed E-state index contributed by atoms with van der Waals surface area (Å²) in [6, 6.07) is 11.7. The first kappa shape index (κ1) is 24.9. The predicted octanol–water partition coefficient (Wildman–Crippen LogP) is 3.86. The van der Waals surface area contributed by atoms with E-state index in [1.54, 1.807) is 36.4 Å². The quantitative estimate of drug-likeness (QED) is 0.577. The standard InChI is InChI=1S/C25H32N2O5S/c1-4-5-10-22(25(29)30)26-24(28)23-21-9-7-6-8-19(21)15-16-27(23)33(31,32)20-13-11-18(12-14-20)17(2)3/h6-9,11-14,17,22-23H,4-5,10,15-16H2,1-3H3,(H,26,28)(H,29,30)/t22-,23?/m0/s1. The van der Waals surface area contributed by atoms with E-state index in [-0.39, 0.29) is 23.8 Å². The summed E-state index contributed by atoms with van der Waals surface area (Å²) in [5.41, 5.74) is 2.50. The third kappa shape index (κ3) is 5.45. The van der Waals surface area contributed by atoms with Crippen molar-refractivity contribution in [2.24, 2.45) is 0 Å². The van der Waals surface area contributed by atoms with Gasteiger partial charge in [-0.15, -0.1) is 0 Å². The van der Waals surface area contributed by atoms with Crippen LogP contribution >= 0.6 is 0 Å². The first-order valence-corrected chi connectivity index (χ1v) is 12.8. The fraction of sp³-hybridized carbons (Fsp3) is 0.440. The van der Waals surface area contributed by atoms with Crippen LogP contribution in [0.4, 0.5) is 0 Å². The summed E-state index contributed by atoms with van der Waals surface area (Å²) >= 11 is 0. The molecule has 0 fully saturated rings. The van der Waals surface area contributed by atoms with Crippen molar-refractivity contribution in [1.29, 1.82) is 0 Å². The molecule has 3 rings (SSSR count). The third-order valence-electron chi connectivity index (χ3n) is 6.10. The highest BCUT2D eigenvalue weighted by Gasteiger charge is 2.41. The Morgan fingerprint density at radius 2 is 1.79 bits per heavy atom. The van der Waals surface area contributed by atoms with Crippen molar-refractivity contribution in [3.05, 3.63) is 65.2 Å². The largest absolute Gasteiger partial charge is 0.480 e. The Labute approximate surface area is 195 Å². The maximum Gasteiger partial charge on any atom is 0.326 e. The summed E-state index contributed by atoms with van der Waals surface area (Å²) in [5, 5.41) is 12.2. The molecule has 1 aliphatic rings. The number of carboxylic acids is 1. The smallest absolute Gasteiger partial charge is 0.326 e. The van der Waals surface area contributed by atoms with Gasteiger partial charge in [-0.1, -0.05) is 70.0 Å². The van der Waals surface area contributed by atoms with E-state index < -0.39 is 34.0 Å². The van der Waals surface area contributed by atoms with Crippen molar-refractivity contribution in [3.63, 3.8) is 0 Å². The van der Waals surface area contributed by atoms with E-state index in [0.29, 0.717) is 18.4 Å². The average molecular weight is 473 g/mol. The highest BCUT2D eigenvalue weighted by Crippen LogP contribution is 2.35. The minimum Gasteiger partial charge on any atom is -0.480 e. The molecule has 2 aromatic rings. The molecular weight excluding hydrogens is 440 g/mol. The second-order valence-corrected chi connectivity index (χ2v) is 10.6. The summed E-state index contributed by atoms with van der Waals surface area (Å²) < 4.78 is 28.4. The Balaban J connectivity index is 1.99. The first-order chi connectivity index (χ1) is 15.7. The molecule has 2 N–H and O–H groups in total. The second-order valence-electron chi connectivity index (χ2n) is 8.73. The molecule has 1 heterocycles. The van der Waals surface area contributed by atoms with E-state index in [0.717, 1.165) is 17.5 Å². The molecule has 0 radical (unpaired) electrons. The number of benzene rings is 2.